The van der Waals surface area contributed by atoms with Crippen LogP contribution in [0.3, 0.4) is 0 Å². The van der Waals surface area contributed by atoms with Crippen LogP contribution in [0.4, 0.5) is 5.69 Å². The number of amides is 1. The van der Waals surface area contributed by atoms with Gasteiger partial charge in [0.1, 0.15) is 5.75 Å². The van der Waals surface area contributed by atoms with E-state index in [0.29, 0.717) is 6.42 Å². The highest BCUT2D eigenvalue weighted by Crippen LogP contribution is 2.20. The first kappa shape index (κ1) is 15.6. The minimum Gasteiger partial charge on any atom is -0.497 e. The molecule has 0 aromatic heterocycles. The second-order valence-corrected chi connectivity index (χ2v) is 5.23. The Balaban J connectivity index is 1.73. The molecule has 1 amide bonds. The zero-order valence-electron chi connectivity index (χ0n) is 13.0. The molecule has 5 nitrogen and oxygen atoms in total. The summed E-state index contributed by atoms with van der Waals surface area (Å²) in [6.07, 6.45) is 0.561. The van der Waals surface area contributed by atoms with Crippen LogP contribution >= 0.6 is 0 Å². The Morgan fingerprint density at radius 3 is 2.43 bits per heavy atom. The molecule has 0 unspecified atom stereocenters. The molecule has 5 heteroatoms. The molecule has 1 aliphatic rings. The van der Waals surface area contributed by atoms with E-state index in [2.05, 4.69) is 27.2 Å². The number of benzene rings is 1. The van der Waals surface area contributed by atoms with Crippen molar-refractivity contribution in [1.29, 1.82) is 0 Å². The summed E-state index contributed by atoms with van der Waals surface area (Å²) in [6, 6.07) is 8.22. The number of anilines is 1. The second-order valence-electron chi connectivity index (χ2n) is 5.23. The Labute approximate surface area is 126 Å². The van der Waals surface area contributed by atoms with Crippen molar-refractivity contribution < 1.29 is 9.53 Å². The number of piperazine rings is 1. The maximum atomic E-state index is 11.2. The highest BCUT2D eigenvalue weighted by atomic mass is 16.5. The van der Waals surface area contributed by atoms with E-state index in [9.17, 15) is 4.79 Å². The number of ether oxygens (including phenoxy) is 1. The Hall–Kier alpha value is -1.75. The fourth-order valence-electron chi connectivity index (χ4n) is 2.50. The highest BCUT2D eigenvalue weighted by Gasteiger charge is 2.16. The number of hydrogen-bond acceptors (Lipinski definition) is 4. The van der Waals surface area contributed by atoms with Crippen molar-refractivity contribution in [2.75, 3.05) is 51.3 Å². The third-order valence-electron chi connectivity index (χ3n) is 3.88. The minimum atomic E-state index is 0.131. The van der Waals surface area contributed by atoms with Gasteiger partial charge in [-0.3, -0.25) is 9.69 Å². The molecule has 0 aliphatic carbocycles. The molecule has 1 aromatic rings. The third kappa shape index (κ3) is 4.63. The van der Waals surface area contributed by atoms with E-state index in [1.807, 2.05) is 19.1 Å². The molecular weight excluding hydrogens is 266 g/mol. The average molecular weight is 291 g/mol. The molecule has 0 atom stereocenters. The number of carbonyl (C=O) groups excluding carboxylic acids is 1. The number of nitrogens with one attached hydrogen (secondary N) is 1. The summed E-state index contributed by atoms with van der Waals surface area (Å²) in [7, 11) is 1.69. The van der Waals surface area contributed by atoms with E-state index in [1.165, 1.54) is 5.69 Å². The lowest BCUT2D eigenvalue weighted by Crippen LogP contribution is -2.48. The quantitative estimate of drug-likeness (QED) is 0.859. The van der Waals surface area contributed by atoms with Gasteiger partial charge in [-0.1, -0.05) is 6.92 Å². The zero-order chi connectivity index (χ0) is 15.1. The van der Waals surface area contributed by atoms with Crippen molar-refractivity contribution in [3.8, 4) is 5.75 Å². The van der Waals surface area contributed by atoms with E-state index in [-0.39, 0.29) is 5.91 Å². The minimum absolute atomic E-state index is 0.131. The maximum Gasteiger partial charge on any atom is 0.219 e. The van der Waals surface area contributed by atoms with Crippen molar-refractivity contribution in [3.05, 3.63) is 24.3 Å². The maximum absolute atomic E-state index is 11.2. The Morgan fingerprint density at radius 1 is 1.19 bits per heavy atom. The van der Waals surface area contributed by atoms with Gasteiger partial charge in [-0.15, -0.1) is 0 Å². The van der Waals surface area contributed by atoms with Gasteiger partial charge in [-0.25, -0.2) is 0 Å². The summed E-state index contributed by atoms with van der Waals surface area (Å²) in [5.41, 5.74) is 1.25. The largest absolute Gasteiger partial charge is 0.497 e. The van der Waals surface area contributed by atoms with Crippen LogP contribution in [0.1, 0.15) is 13.3 Å². The zero-order valence-corrected chi connectivity index (χ0v) is 13.0. The molecule has 1 aromatic carbocycles. The molecule has 0 bridgehead atoms. The van der Waals surface area contributed by atoms with E-state index in [0.717, 1.165) is 45.0 Å². The van der Waals surface area contributed by atoms with Crippen molar-refractivity contribution >= 4 is 11.6 Å². The topological polar surface area (TPSA) is 44.8 Å². The monoisotopic (exact) mass is 291 g/mol. The standard InChI is InChI=1S/C16H25N3O2/c1-3-16(20)17-8-9-18-10-12-19(13-11-18)14-4-6-15(21-2)7-5-14/h4-7H,3,8-13H2,1-2H3,(H,17,20). The van der Waals surface area contributed by atoms with Crippen molar-refractivity contribution in [3.63, 3.8) is 0 Å². The van der Waals surface area contributed by atoms with Crippen LogP contribution in [0.15, 0.2) is 24.3 Å². The van der Waals surface area contributed by atoms with Crippen LogP contribution in [0.2, 0.25) is 0 Å². The smallest absolute Gasteiger partial charge is 0.219 e. The first-order chi connectivity index (χ1) is 10.2. The molecule has 1 saturated heterocycles. The van der Waals surface area contributed by atoms with Crippen molar-refractivity contribution in [2.45, 2.75) is 13.3 Å². The van der Waals surface area contributed by atoms with Gasteiger partial charge in [0.2, 0.25) is 5.91 Å². The van der Waals surface area contributed by atoms with E-state index < -0.39 is 0 Å². The van der Waals surface area contributed by atoms with Crippen LogP contribution in [0.25, 0.3) is 0 Å². The molecule has 0 saturated carbocycles. The number of methoxy groups -OCH3 is 1. The summed E-state index contributed by atoms with van der Waals surface area (Å²) < 4.78 is 5.19. The van der Waals surface area contributed by atoms with Gasteiger partial charge in [0, 0.05) is 51.4 Å². The van der Waals surface area contributed by atoms with Crippen LogP contribution in [-0.2, 0) is 4.79 Å². The van der Waals surface area contributed by atoms with E-state index >= 15 is 0 Å². The van der Waals surface area contributed by atoms with Gasteiger partial charge in [0.15, 0.2) is 0 Å². The fourth-order valence-corrected chi connectivity index (χ4v) is 2.50. The molecule has 21 heavy (non-hydrogen) atoms. The van der Waals surface area contributed by atoms with Crippen LogP contribution in [-0.4, -0.2) is 57.2 Å². The van der Waals surface area contributed by atoms with Crippen LogP contribution in [0.5, 0.6) is 5.75 Å². The molecule has 1 fully saturated rings. The Bertz CT molecular complexity index is 439. The number of carbonyl (C=O) groups is 1. The van der Waals surface area contributed by atoms with Gasteiger partial charge >= 0.3 is 0 Å². The van der Waals surface area contributed by atoms with Gasteiger partial charge in [-0.2, -0.15) is 0 Å². The third-order valence-corrected chi connectivity index (χ3v) is 3.88. The lowest BCUT2D eigenvalue weighted by Gasteiger charge is -2.36. The van der Waals surface area contributed by atoms with Crippen LogP contribution in [0, 0.1) is 0 Å². The number of hydrogen-bond donors (Lipinski definition) is 1. The van der Waals surface area contributed by atoms with Crippen molar-refractivity contribution in [2.24, 2.45) is 0 Å². The second kappa shape index (κ2) is 7.88. The first-order valence-electron chi connectivity index (χ1n) is 7.61. The predicted molar refractivity (Wildman–Crippen MR) is 84.9 cm³/mol. The number of nitrogens with zero attached hydrogens (tertiary/aromatic N) is 2. The fraction of sp³-hybridized carbons (Fsp3) is 0.562. The Kier molecular flexibility index (Phi) is 5.87. The molecular formula is C16H25N3O2. The normalized spacial score (nSPS) is 15.8. The average Bonchev–Trinajstić information content (AvgIpc) is 2.55. The summed E-state index contributed by atoms with van der Waals surface area (Å²) >= 11 is 0. The van der Waals surface area contributed by atoms with Gasteiger partial charge in [0.25, 0.3) is 0 Å². The molecule has 1 aliphatic heterocycles. The van der Waals surface area contributed by atoms with Gasteiger partial charge in [-0.05, 0) is 24.3 Å². The Morgan fingerprint density at radius 2 is 1.86 bits per heavy atom. The summed E-state index contributed by atoms with van der Waals surface area (Å²) in [6.45, 7) is 7.67. The highest BCUT2D eigenvalue weighted by molar-refractivity contribution is 5.75. The molecule has 116 valence electrons. The van der Waals surface area contributed by atoms with E-state index in [1.54, 1.807) is 7.11 Å². The van der Waals surface area contributed by atoms with Crippen LogP contribution < -0.4 is 15.0 Å². The molecule has 0 radical (unpaired) electrons. The lowest BCUT2D eigenvalue weighted by atomic mass is 10.2. The SMILES string of the molecule is CCC(=O)NCCN1CCN(c2ccc(OC)cc2)CC1. The molecule has 0 spiro atoms. The predicted octanol–water partition coefficient (Wildman–Crippen LogP) is 1.34. The molecule has 2 rings (SSSR count). The van der Waals surface area contributed by atoms with Gasteiger partial charge < -0.3 is 15.0 Å². The van der Waals surface area contributed by atoms with Gasteiger partial charge in [0.05, 0.1) is 7.11 Å². The molecule has 1 heterocycles. The number of rotatable bonds is 6. The first-order valence-corrected chi connectivity index (χ1v) is 7.61. The van der Waals surface area contributed by atoms with Crippen molar-refractivity contribution in [1.82, 2.24) is 10.2 Å². The summed E-state index contributed by atoms with van der Waals surface area (Å²) in [5.74, 6) is 1.02. The molecule has 1 N–H and O–H groups in total. The summed E-state index contributed by atoms with van der Waals surface area (Å²) in [5, 5.41) is 2.93. The van der Waals surface area contributed by atoms with E-state index in [4.69, 9.17) is 4.74 Å². The lowest BCUT2D eigenvalue weighted by molar-refractivity contribution is -0.120. The summed E-state index contributed by atoms with van der Waals surface area (Å²) in [4.78, 5) is 16.0.